The molecule has 0 aliphatic rings. The van der Waals surface area contributed by atoms with Gasteiger partial charge in [0.15, 0.2) is 0 Å². The van der Waals surface area contributed by atoms with Crippen LogP contribution in [0, 0.1) is 10.8 Å². The van der Waals surface area contributed by atoms with Crippen LogP contribution in [-0.4, -0.2) is 19.5 Å². The zero-order valence-electron chi connectivity index (χ0n) is 14.9. The van der Waals surface area contributed by atoms with Crippen molar-refractivity contribution >= 4 is 17.3 Å². The number of nitrogens with one attached hydrogen (secondary N) is 2. The number of benzene rings is 1. The monoisotopic (exact) mass is 303 g/mol. The number of hydrogen-bond donors (Lipinski definition) is 2. The van der Waals surface area contributed by atoms with Gasteiger partial charge in [-0.25, -0.2) is 0 Å². The molecule has 0 aromatic heterocycles. The second-order valence-electron chi connectivity index (χ2n) is 7.93. The van der Waals surface area contributed by atoms with Gasteiger partial charge in [-0.1, -0.05) is 41.2 Å². The van der Waals surface area contributed by atoms with Crippen LogP contribution < -0.4 is 10.2 Å². The number of amides is 1. The van der Waals surface area contributed by atoms with E-state index in [1.807, 2.05) is 44.2 Å². The van der Waals surface area contributed by atoms with E-state index in [9.17, 15) is 4.79 Å². The van der Waals surface area contributed by atoms with E-state index in [2.05, 4.69) is 39.7 Å². The van der Waals surface area contributed by atoms with Gasteiger partial charge in [0.25, 0.3) is 0 Å². The number of carbonyl (C=O) groups excluding carboxylic acids is 1. The number of likely N-dealkylation sites (N-methyl/N-ethyl adjacent to an activating group) is 1. The molecule has 0 aliphatic heterocycles. The van der Waals surface area contributed by atoms with Gasteiger partial charge in [0, 0.05) is 23.2 Å². The number of anilines is 1. The smallest absolute Gasteiger partial charge is 0.230 e. The van der Waals surface area contributed by atoms with E-state index in [-0.39, 0.29) is 16.7 Å². The summed E-state index contributed by atoms with van der Waals surface area (Å²) in [5.74, 6) is 0.0713. The first-order chi connectivity index (χ1) is 10.0. The van der Waals surface area contributed by atoms with E-state index >= 15 is 0 Å². The maximum Gasteiger partial charge on any atom is 0.230 e. The molecule has 1 aromatic carbocycles. The molecule has 0 saturated carbocycles. The van der Waals surface area contributed by atoms with Gasteiger partial charge in [-0.15, -0.1) is 0 Å². The third-order valence-corrected chi connectivity index (χ3v) is 3.67. The van der Waals surface area contributed by atoms with E-state index in [1.165, 1.54) is 10.6 Å². The summed E-state index contributed by atoms with van der Waals surface area (Å²) in [4.78, 5) is 13.8. The number of carbonyl (C=O) groups is 1. The van der Waals surface area contributed by atoms with Crippen molar-refractivity contribution in [1.29, 1.82) is 0 Å². The molecule has 1 atom stereocenters. The second-order valence-corrected chi connectivity index (χ2v) is 7.93. The van der Waals surface area contributed by atoms with E-state index in [0.717, 1.165) is 18.7 Å². The molecule has 0 bridgehead atoms. The molecule has 2 N–H and O–H groups in total. The minimum absolute atomic E-state index is 0.0713. The molecule has 0 saturated heterocycles. The molecular formula is C19H31N2O+. The van der Waals surface area contributed by atoms with Crippen LogP contribution in [0.15, 0.2) is 36.9 Å². The summed E-state index contributed by atoms with van der Waals surface area (Å²) in [7, 11) is 2.10. The molecule has 3 heteroatoms. The number of quaternary nitrogens is 1. The highest BCUT2D eigenvalue weighted by Crippen LogP contribution is 2.34. The van der Waals surface area contributed by atoms with E-state index < -0.39 is 0 Å². The molecule has 0 spiro atoms. The average Bonchev–Trinajstić information content (AvgIpc) is 2.37. The molecule has 1 amide bonds. The lowest BCUT2D eigenvalue weighted by Crippen LogP contribution is -3.03. The van der Waals surface area contributed by atoms with Crippen LogP contribution in [0.1, 0.15) is 41.0 Å². The SMILES string of the molecule is C=CC[NH+](C)c1ccc(NC(=O)C(C)(C)CC(C)(C)C)cc1. The van der Waals surface area contributed by atoms with Crippen molar-refractivity contribution < 1.29 is 9.69 Å². The molecule has 0 aliphatic carbocycles. The summed E-state index contributed by atoms with van der Waals surface area (Å²) in [6, 6.07) is 8.02. The van der Waals surface area contributed by atoms with Gasteiger partial charge < -0.3 is 10.2 Å². The van der Waals surface area contributed by atoms with Gasteiger partial charge in [0.05, 0.1) is 13.6 Å². The zero-order chi connectivity index (χ0) is 17.0. The lowest BCUT2D eigenvalue weighted by atomic mass is 9.75. The van der Waals surface area contributed by atoms with Crippen LogP contribution >= 0.6 is 0 Å². The Morgan fingerprint density at radius 1 is 1.18 bits per heavy atom. The van der Waals surface area contributed by atoms with Crippen molar-refractivity contribution in [1.82, 2.24) is 0 Å². The predicted molar refractivity (Wildman–Crippen MR) is 94.5 cm³/mol. The van der Waals surface area contributed by atoms with Gasteiger partial charge >= 0.3 is 0 Å². The molecule has 0 fully saturated rings. The van der Waals surface area contributed by atoms with E-state index in [0.29, 0.717) is 0 Å². The fraction of sp³-hybridized carbons (Fsp3) is 0.526. The minimum atomic E-state index is -0.387. The fourth-order valence-electron chi connectivity index (χ4n) is 2.88. The molecule has 122 valence electrons. The van der Waals surface area contributed by atoms with Gasteiger partial charge in [-0.05, 0) is 30.0 Å². The number of rotatable bonds is 6. The molecule has 0 radical (unpaired) electrons. The van der Waals surface area contributed by atoms with Crippen molar-refractivity contribution in [3.05, 3.63) is 36.9 Å². The summed E-state index contributed by atoms with van der Waals surface area (Å²) in [5.41, 5.74) is 1.78. The largest absolute Gasteiger partial charge is 0.326 e. The summed E-state index contributed by atoms with van der Waals surface area (Å²) in [5, 5.41) is 3.03. The zero-order valence-corrected chi connectivity index (χ0v) is 14.9. The molecule has 22 heavy (non-hydrogen) atoms. The summed E-state index contributed by atoms with van der Waals surface area (Å²) in [6.45, 7) is 15.1. The van der Waals surface area contributed by atoms with Crippen LogP contribution in [0.5, 0.6) is 0 Å². The van der Waals surface area contributed by atoms with Gasteiger partial charge in [-0.2, -0.15) is 0 Å². The van der Waals surface area contributed by atoms with Crippen LogP contribution in [-0.2, 0) is 4.79 Å². The minimum Gasteiger partial charge on any atom is -0.326 e. The standard InChI is InChI=1S/C19H30N2O/c1-8-13-21(7)16-11-9-15(10-12-16)20-17(22)19(5,6)14-18(2,3)4/h8-12H,1,13-14H2,2-7H3,(H,20,22)/p+1. The first kappa shape index (κ1) is 18.4. The van der Waals surface area contributed by atoms with Gasteiger partial charge in [0.2, 0.25) is 5.91 Å². The quantitative estimate of drug-likeness (QED) is 0.776. The molecule has 1 unspecified atom stereocenters. The Balaban J connectivity index is 2.74. The predicted octanol–water partition coefficient (Wildman–Crippen LogP) is 3.42. The number of hydrogen-bond acceptors (Lipinski definition) is 1. The topological polar surface area (TPSA) is 33.5 Å². The Morgan fingerprint density at radius 3 is 2.18 bits per heavy atom. The summed E-state index contributed by atoms with van der Waals surface area (Å²) in [6.07, 6.45) is 2.75. The molecule has 3 nitrogen and oxygen atoms in total. The Morgan fingerprint density at radius 2 is 1.73 bits per heavy atom. The maximum atomic E-state index is 12.5. The molecule has 1 aromatic rings. The van der Waals surface area contributed by atoms with Crippen LogP contribution in [0.2, 0.25) is 0 Å². The van der Waals surface area contributed by atoms with Crippen LogP contribution in [0.25, 0.3) is 0 Å². The van der Waals surface area contributed by atoms with Crippen molar-refractivity contribution in [2.75, 3.05) is 18.9 Å². The molecule has 1 rings (SSSR count). The van der Waals surface area contributed by atoms with Crippen molar-refractivity contribution in [3.63, 3.8) is 0 Å². The van der Waals surface area contributed by atoms with E-state index in [1.54, 1.807) is 0 Å². The first-order valence-electron chi connectivity index (χ1n) is 7.90. The summed E-state index contributed by atoms with van der Waals surface area (Å²) < 4.78 is 0. The third-order valence-electron chi connectivity index (χ3n) is 3.67. The molecular weight excluding hydrogens is 272 g/mol. The highest BCUT2D eigenvalue weighted by Gasteiger charge is 2.32. The molecule has 0 heterocycles. The normalized spacial score (nSPS) is 13.5. The Bertz CT molecular complexity index is 509. The Kier molecular flexibility index (Phi) is 5.95. The summed E-state index contributed by atoms with van der Waals surface area (Å²) >= 11 is 0. The third kappa shape index (κ3) is 5.64. The Hall–Kier alpha value is -1.61. The fourth-order valence-corrected chi connectivity index (χ4v) is 2.88. The highest BCUT2D eigenvalue weighted by molar-refractivity contribution is 5.94. The van der Waals surface area contributed by atoms with Crippen molar-refractivity contribution in [2.45, 2.75) is 41.0 Å². The second kappa shape index (κ2) is 7.10. The highest BCUT2D eigenvalue weighted by atomic mass is 16.2. The van der Waals surface area contributed by atoms with Gasteiger partial charge in [0.1, 0.15) is 5.69 Å². The van der Waals surface area contributed by atoms with Gasteiger partial charge in [-0.3, -0.25) is 4.79 Å². The van der Waals surface area contributed by atoms with Crippen molar-refractivity contribution in [2.24, 2.45) is 10.8 Å². The lowest BCUT2D eigenvalue weighted by Gasteiger charge is -2.31. The maximum absolute atomic E-state index is 12.5. The average molecular weight is 303 g/mol. The van der Waals surface area contributed by atoms with Crippen LogP contribution in [0.3, 0.4) is 0 Å². The van der Waals surface area contributed by atoms with Crippen LogP contribution in [0.4, 0.5) is 11.4 Å². The first-order valence-corrected chi connectivity index (χ1v) is 7.90. The Labute approximate surface area is 135 Å². The van der Waals surface area contributed by atoms with Crippen molar-refractivity contribution in [3.8, 4) is 0 Å². The lowest BCUT2D eigenvalue weighted by molar-refractivity contribution is -0.803. The van der Waals surface area contributed by atoms with E-state index in [4.69, 9.17) is 0 Å².